The van der Waals surface area contributed by atoms with E-state index >= 15 is 0 Å². The van der Waals surface area contributed by atoms with Gasteiger partial charge >= 0.3 is 0 Å². The normalized spacial score (nSPS) is 10.8. The van der Waals surface area contributed by atoms with E-state index in [0.29, 0.717) is 16.9 Å². The predicted octanol–water partition coefficient (Wildman–Crippen LogP) is 4.86. The molecule has 7 nitrogen and oxygen atoms in total. The number of amides is 1. The fraction of sp³-hybridized carbons (Fsp3) is 0.0435. The van der Waals surface area contributed by atoms with Crippen LogP contribution in [0.3, 0.4) is 0 Å². The first-order chi connectivity index (χ1) is 15.0. The number of nitriles is 1. The number of non-ortho nitro benzene ring substituents is 1. The summed E-state index contributed by atoms with van der Waals surface area (Å²) >= 11 is 0. The molecule has 1 N–H and O–H groups in total. The topological polar surface area (TPSA) is 105 Å². The molecular weight excluding hydrogens is 401 g/mol. The zero-order valence-corrected chi connectivity index (χ0v) is 16.1. The third kappa shape index (κ3) is 5.52. The number of carbonyl (C=O) groups excluding carboxylic acids is 1. The summed E-state index contributed by atoms with van der Waals surface area (Å²) in [6, 6.07) is 20.1. The Morgan fingerprint density at radius 1 is 1.13 bits per heavy atom. The summed E-state index contributed by atoms with van der Waals surface area (Å²) in [6.07, 6.45) is 1.34. The predicted molar refractivity (Wildman–Crippen MR) is 112 cm³/mol. The van der Waals surface area contributed by atoms with Crippen LogP contribution in [0.5, 0.6) is 5.75 Å². The van der Waals surface area contributed by atoms with Gasteiger partial charge in [0.1, 0.15) is 29.8 Å². The van der Waals surface area contributed by atoms with Crippen molar-refractivity contribution in [2.45, 2.75) is 6.61 Å². The second-order valence-electron chi connectivity index (χ2n) is 6.35. The Labute approximate surface area is 177 Å². The molecule has 0 aliphatic carbocycles. The Morgan fingerprint density at radius 2 is 1.87 bits per heavy atom. The number of hydrogen-bond donors (Lipinski definition) is 1. The van der Waals surface area contributed by atoms with Gasteiger partial charge in [-0.2, -0.15) is 5.26 Å². The first kappa shape index (κ1) is 21.2. The lowest BCUT2D eigenvalue weighted by molar-refractivity contribution is -0.384. The Kier molecular flexibility index (Phi) is 6.71. The molecule has 3 rings (SSSR count). The van der Waals surface area contributed by atoms with Crippen LogP contribution < -0.4 is 10.1 Å². The van der Waals surface area contributed by atoms with E-state index in [4.69, 9.17) is 4.74 Å². The van der Waals surface area contributed by atoms with Crippen LogP contribution in [0.4, 0.5) is 15.8 Å². The summed E-state index contributed by atoms with van der Waals surface area (Å²) in [5.74, 6) is -0.766. The van der Waals surface area contributed by atoms with E-state index in [-0.39, 0.29) is 23.6 Å². The van der Waals surface area contributed by atoms with E-state index in [9.17, 15) is 24.6 Å². The number of hydrogen-bond acceptors (Lipinski definition) is 5. The molecule has 3 aromatic rings. The van der Waals surface area contributed by atoms with Crippen LogP contribution in [0, 0.1) is 27.3 Å². The number of anilines is 1. The molecule has 3 aromatic carbocycles. The highest BCUT2D eigenvalue weighted by molar-refractivity contribution is 6.09. The van der Waals surface area contributed by atoms with Crippen LogP contribution >= 0.6 is 0 Å². The number of nitrogens with zero attached hydrogens (tertiary/aromatic N) is 2. The van der Waals surface area contributed by atoms with E-state index in [1.54, 1.807) is 42.5 Å². The highest BCUT2D eigenvalue weighted by atomic mass is 19.1. The van der Waals surface area contributed by atoms with Gasteiger partial charge in [-0.3, -0.25) is 14.9 Å². The third-order valence-corrected chi connectivity index (χ3v) is 4.24. The first-order valence-corrected chi connectivity index (χ1v) is 9.11. The van der Waals surface area contributed by atoms with Crippen LogP contribution in [0.1, 0.15) is 11.1 Å². The summed E-state index contributed by atoms with van der Waals surface area (Å²) in [5, 5.41) is 22.8. The number of nitro benzene ring substituents is 1. The number of ether oxygens (including phenoxy) is 1. The summed E-state index contributed by atoms with van der Waals surface area (Å²) in [7, 11) is 0. The zero-order chi connectivity index (χ0) is 22.2. The maximum Gasteiger partial charge on any atom is 0.271 e. The lowest BCUT2D eigenvalue weighted by atomic mass is 10.1. The molecule has 0 heterocycles. The van der Waals surface area contributed by atoms with Crippen LogP contribution in [0.2, 0.25) is 0 Å². The Balaban J connectivity index is 1.80. The number of nitro groups is 1. The van der Waals surface area contributed by atoms with Gasteiger partial charge in [-0.1, -0.05) is 42.5 Å². The molecule has 8 heteroatoms. The Hall–Kier alpha value is -4.51. The molecule has 0 saturated carbocycles. The molecule has 0 radical (unpaired) electrons. The van der Waals surface area contributed by atoms with Crippen molar-refractivity contribution < 1.29 is 18.8 Å². The van der Waals surface area contributed by atoms with Gasteiger partial charge in [-0.05, 0) is 24.3 Å². The zero-order valence-electron chi connectivity index (χ0n) is 16.1. The fourth-order valence-corrected chi connectivity index (χ4v) is 2.70. The van der Waals surface area contributed by atoms with Crippen molar-refractivity contribution >= 4 is 23.4 Å². The van der Waals surface area contributed by atoms with Crippen molar-refractivity contribution in [2.24, 2.45) is 0 Å². The lowest BCUT2D eigenvalue weighted by Gasteiger charge is -2.10. The van der Waals surface area contributed by atoms with Gasteiger partial charge in [0.2, 0.25) is 0 Å². The van der Waals surface area contributed by atoms with E-state index in [1.165, 1.54) is 36.4 Å². The summed E-state index contributed by atoms with van der Waals surface area (Å²) in [4.78, 5) is 22.8. The highest BCUT2D eigenvalue weighted by Crippen LogP contribution is 2.23. The fourth-order valence-electron chi connectivity index (χ4n) is 2.70. The van der Waals surface area contributed by atoms with Gasteiger partial charge in [0.25, 0.3) is 11.6 Å². The monoisotopic (exact) mass is 417 g/mol. The third-order valence-electron chi connectivity index (χ3n) is 4.24. The SMILES string of the molecule is N#C/C(=C\c1ccccc1OCc1ccccc1F)C(=O)Nc1cccc([N+](=O)[O-])c1. The Morgan fingerprint density at radius 3 is 2.61 bits per heavy atom. The molecule has 31 heavy (non-hydrogen) atoms. The molecule has 0 aliphatic rings. The van der Waals surface area contributed by atoms with Crippen molar-refractivity contribution in [3.63, 3.8) is 0 Å². The minimum absolute atomic E-state index is 0.0285. The van der Waals surface area contributed by atoms with Gasteiger partial charge < -0.3 is 10.1 Å². The van der Waals surface area contributed by atoms with E-state index in [0.717, 1.165) is 0 Å². The number of carbonyl (C=O) groups is 1. The molecule has 0 unspecified atom stereocenters. The minimum atomic E-state index is -0.730. The molecule has 0 bridgehead atoms. The van der Waals surface area contributed by atoms with Crippen LogP contribution in [-0.4, -0.2) is 10.8 Å². The maximum atomic E-state index is 13.8. The number of halogens is 1. The van der Waals surface area contributed by atoms with Crippen molar-refractivity contribution in [1.82, 2.24) is 0 Å². The average molecular weight is 417 g/mol. The average Bonchev–Trinajstić information content (AvgIpc) is 2.77. The van der Waals surface area contributed by atoms with Crippen molar-refractivity contribution in [3.05, 3.63) is 105 Å². The van der Waals surface area contributed by atoms with Crippen molar-refractivity contribution in [1.29, 1.82) is 5.26 Å². The molecule has 0 aliphatic heterocycles. The van der Waals surface area contributed by atoms with Gasteiger partial charge in [-0.25, -0.2) is 4.39 Å². The minimum Gasteiger partial charge on any atom is -0.488 e. The van der Waals surface area contributed by atoms with Gasteiger partial charge in [0.15, 0.2) is 0 Å². The molecular formula is C23H16FN3O4. The summed E-state index contributed by atoms with van der Waals surface area (Å²) < 4.78 is 19.5. The smallest absolute Gasteiger partial charge is 0.271 e. The van der Waals surface area contributed by atoms with E-state index < -0.39 is 16.6 Å². The number of rotatable bonds is 7. The van der Waals surface area contributed by atoms with Crippen LogP contribution in [0.25, 0.3) is 6.08 Å². The molecule has 0 atom stereocenters. The summed E-state index contributed by atoms with van der Waals surface area (Å²) in [5.41, 5.74) is 0.583. The molecule has 0 aromatic heterocycles. The van der Waals surface area contributed by atoms with Gasteiger partial charge in [0.05, 0.1) is 4.92 Å². The van der Waals surface area contributed by atoms with Crippen molar-refractivity contribution in [2.75, 3.05) is 5.32 Å². The first-order valence-electron chi connectivity index (χ1n) is 9.11. The molecule has 0 saturated heterocycles. The maximum absolute atomic E-state index is 13.8. The van der Waals surface area contributed by atoms with Crippen LogP contribution in [0.15, 0.2) is 78.4 Å². The van der Waals surface area contributed by atoms with Crippen molar-refractivity contribution in [3.8, 4) is 11.8 Å². The second kappa shape index (κ2) is 9.80. The molecule has 154 valence electrons. The number of benzene rings is 3. The highest BCUT2D eigenvalue weighted by Gasteiger charge is 2.13. The number of para-hydroxylation sites is 1. The quantitative estimate of drug-likeness (QED) is 0.256. The molecule has 1 amide bonds. The molecule has 0 fully saturated rings. The van der Waals surface area contributed by atoms with E-state index in [1.807, 2.05) is 6.07 Å². The number of nitrogens with one attached hydrogen (secondary N) is 1. The summed E-state index contributed by atoms with van der Waals surface area (Å²) in [6.45, 7) is -0.0285. The van der Waals surface area contributed by atoms with Gasteiger partial charge in [-0.15, -0.1) is 0 Å². The van der Waals surface area contributed by atoms with E-state index in [2.05, 4.69) is 5.32 Å². The lowest BCUT2D eigenvalue weighted by Crippen LogP contribution is -2.13. The standard InChI is InChI=1S/C23H16FN3O4/c24-21-10-3-1-7-17(21)15-31-22-11-4-2-6-16(22)12-18(14-25)23(28)26-19-8-5-9-20(13-19)27(29)30/h1-13H,15H2,(H,26,28)/b18-12+. The van der Waals surface area contributed by atoms with Gasteiger partial charge in [0, 0.05) is 28.9 Å². The second-order valence-corrected chi connectivity index (χ2v) is 6.35. The van der Waals surface area contributed by atoms with Crippen LogP contribution in [-0.2, 0) is 11.4 Å². The molecule has 0 spiro atoms. The largest absolute Gasteiger partial charge is 0.488 e. The Bertz CT molecular complexity index is 1200.